The molecule has 0 saturated heterocycles. The molecule has 1 amide bonds. The standard InChI is InChI=1S/C20H20BrN3O2S/c1-13-17(14(2)26-23-13)12-27-19-16(8-6-10-22-19)20(25)24(3)11-15-7-4-5-9-18(15)21/h4-10H,11-12H2,1-3H3. The van der Waals surface area contributed by atoms with Crippen molar-refractivity contribution in [3.05, 3.63) is 75.2 Å². The number of pyridine rings is 1. The number of halogens is 1. The summed E-state index contributed by atoms with van der Waals surface area (Å²) in [6, 6.07) is 11.5. The van der Waals surface area contributed by atoms with Crippen LogP contribution in [0.2, 0.25) is 0 Å². The van der Waals surface area contributed by atoms with Crippen molar-refractivity contribution in [1.29, 1.82) is 0 Å². The van der Waals surface area contributed by atoms with Crippen molar-refractivity contribution in [3.8, 4) is 0 Å². The van der Waals surface area contributed by atoms with Gasteiger partial charge in [0.2, 0.25) is 0 Å². The van der Waals surface area contributed by atoms with Crippen molar-refractivity contribution in [2.24, 2.45) is 0 Å². The average Bonchev–Trinajstić information content (AvgIpc) is 2.99. The number of hydrogen-bond donors (Lipinski definition) is 0. The van der Waals surface area contributed by atoms with Crippen LogP contribution in [0.1, 0.15) is 32.9 Å². The van der Waals surface area contributed by atoms with E-state index in [1.807, 2.05) is 44.2 Å². The van der Waals surface area contributed by atoms with Crippen molar-refractivity contribution in [1.82, 2.24) is 15.0 Å². The number of carbonyl (C=O) groups is 1. The SMILES string of the molecule is Cc1noc(C)c1CSc1ncccc1C(=O)N(C)Cc1ccccc1Br. The molecular formula is C20H20BrN3O2S. The third kappa shape index (κ3) is 4.59. The van der Waals surface area contributed by atoms with Gasteiger partial charge in [-0.2, -0.15) is 0 Å². The second-order valence-corrected chi connectivity index (χ2v) is 8.02. The minimum Gasteiger partial charge on any atom is -0.361 e. The zero-order chi connectivity index (χ0) is 19.4. The van der Waals surface area contributed by atoms with E-state index in [0.717, 1.165) is 27.1 Å². The predicted octanol–water partition coefficient (Wildman–Crippen LogP) is 5.01. The second kappa shape index (κ2) is 8.71. The van der Waals surface area contributed by atoms with Gasteiger partial charge in [-0.25, -0.2) is 4.98 Å². The summed E-state index contributed by atoms with van der Waals surface area (Å²) < 4.78 is 6.20. The molecule has 0 fully saturated rings. The first kappa shape index (κ1) is 19.6. The first-order chi connectivity index (χ1) is 13.0. The Labute approximate surface area is 171 Å². The number of aryl methyl sites for hydroxylation is 2. The third-order valence-electron chi connectivity index (χ3n) is 4.25. The number of rotatable bonds is 6. The Balaban J connectivity index is 1.76. The largest absolute Gasteiger partial charge is 0.361 e. The van der Waals surface area contributed by atoms with Crippen molar-refractivity contribution >= 4 is 33.6 Å². The normalized spacial score (nSPS) is 10.8. The molecule has 0 atom stereocenters. The van der Waals surface area contributed by atoms with E-state index in [-0.39, 0.29) is 5.91 Å². The van der Waals surface area contributed by atoms with E-state index in [4.69, 9.17) is 4.52 Å². The molecular weight excluding hydrogens is 426 g/mol. The van der Waals surface area contributed by atoms with E-state index >= 15 is 0 Å². The fourth-order valence-electron chi connectivity index (χ4n) is 2.68. The van der Waals surface area contributed by atoms with Crippen molar-refractivity contribution in [3.63, 3.8) is 0 Å². The number of nitrogens with zero attached hydrogens (tertiary/aromatic N) is 3. The summed E-state index contributed by atoms with van der Waals surface area (Å²) in [6.45, 7) is 4.33. The van der Waals surface area contributed by atoms with Crippen LogP contribution in [0.5, 0.6) is 0 Å². The van der Waals surface area contributed by atoms with Crippen LogP contribution in [-0.4, -0.2) is 28.0 Å². The van der Waals surface area contributed by atoms with Gasteiger partial charge in [-0.1, -0.05) is 39.3 Å². The maximum atomic E-state index is 13.0. The van der Waals surface area contributed by atoms with Gasteiger partial charge >= 0.3 is 0 Å². The number of thioether (sulfide) groups is 1. The minimum atomic E-state index is -0.0554. The van der Waals surface area contributed by atoms with E-state index in [9.17, 15) is 4.79 Å². The number of aromatic nitrogens is 2. The minimum absolute atomic E-state index is 0.0554. The first-order valence-corrected chi connectivity index (χ1v) is 10.2. The fourth-order valence-corrected chi connectivity index (χ4v) is 4.23. The highest BCUT2D eigenvalue weighted by molar-refractivity contribution is 9.10. The Bertz CT molecular complexity index is 938. The van der Waals surface area contributed by atoms with Crippen LogP contribution in [0.4, 0.5) is 0 Å². The number of hydrogen-bond acceptors (Lipinski definition) is 5. The fraction of sp³-hybridized carbons (Fsp3) is 0.250. The lowest BCUT2D eigenvalue weighted by Gasteiger charge is -2.19. The Hall–Kier alpha value is -2.12. The van der Waals surface area contributed by atoms with Gasteiger partial charge in [0, 0.05) is 35.6 Å². The monoisotopic (exact) mass is 445 g/mol. The molecule has 2 aromatic heterocycles. The van der Waals surface area contributed by atoms with E-state index in [1.165, 1.54) is 11.8 Å². The van der Waals surface area contributed by atoms with Gasteiger partial charge in [-0.3, -0.25) is 4.79 Å². The topological polar surface area (TPSA) is 59.2 Å². The summed E-state index contributed by atoms with van der Waals surface area (Å²) in [5.74, 6) is 1.40. The van der Waals surface area contributed by atoms with Gasteiger partial charge in [0.05, 0.1) is 11.3 Å². The van der Waals surface area contributed by atoms with Gasteiger partial charge in [0.1, 0.15) is 10.8 Å². The molecule has 0 aliphatic rings. The van der Waals surface area contributed by atoms with Crippen LogP contribution in [0.25, 0.3) is 0 Å². The van der Waals surface area contributed by atoms with Crippen LogP contribution >= 0.6 is 27.7 Å². The summed E-state index contributed by atoms with van der Waals surface area (Å²) in [4.78, 5) is 19.1. The van der Waals surface area contributed by atoms with Crippen LogP contribution in [-0.2, 0) is 12.3 Å². The number of carbonyl (C=O) groups excluding carboxylic acids is 1. The Morgan fingerprint density at radius 1 is 1.22 bits per heavy atom. The molecule has 5 nitrogen and oxygen atoms in total. The Morgan fingerprint density at radius 2 is 2.00 bits per heavy atom. The molecule has 2 heterocycles. The van der Waals surface area contributed by atoms with Crippen molar-refractivity contribution in [2.45, 2.75) is 31.2 Å². The smallest absolute Gasteiger partial charge is 0.256 e. The van der Waals surface area contributed by atoms with Crippen LogP contribution in [0.3, 0.4) is 0 Å². The van der Waals surface area contributed by atoms with Crippen LogP contribution in [0.15, 0.2) is 56.6 Å². The van der Waals surface area contributed by atoms with Crippen LogP contribution in [0, 0.1) is 13.8 Å². The summed E-state index contributed by atoms with van der Waals surface area (Å²) in [6.07, 6.45) is 1.71. The highest BCUT2D eigenvalue weighted by Crippen LogP contribution is 2.28. The molecule has 3 rings (SSSR count). The quantitative estimate of drug-likeness (QED) is 0.498. The Kier molecular flexibility index (Phi) is 6.34. The molecule has 0 radical (unpaired) electrons. The molecule has 1 aromatic carbocycles. The molecule has 0 unspecified atom stereocenters. The highest BCUT2D eigenvalue weighted by atomic mass is 79.9. The molecule has 0 saturated carbocycles. The molecule has 3 aromatic rings. The average molecular weight is 446 g/mol. The third-order valence-corrected chi connectivity index (χ3v) is 6.05. The molecule has 0 N–H and O–H groups in total. The lowest BCUT2D eigenvalue weighted by atomic mass is 10.2. The maximum Gasteiger partial charge on any atom is 0.256 e. The number of benzene rings is 1. The van der Waals surface area contributed by atoms with E-state index in [0.29, 0.717) is 22.9 Å². The molecule has 0 aliphatic carbocycles. The molecule has 0 spiro atoms. The zero-order valence-electron chi connectivity index (χ0n) is 15.4. The van der Waals surface area contributed by atoms with Gasteiger partial charge in [-0.15, -0.1) is 11.8 Å². The van der Waals surface area contributed by atoms with Gasteiger partial charge < -0.3 is 9.42 Å². The Morgan fingerprint density at radius 3 is 2.70 bits per heavy atom. The molecule has 140 valence electrons. The summed E-state index contributed by atoms with van der Waals surface area (Å²) >= 11 is 5.06. The van der Waals surface area contributed by atoms with E-state index in [1.54, 1.807) is 24.2 Å². The van der Waals surface area contributed by atoms with E-state index < -0.39 is 0 Å². The summed E-state index contributed by atoms with van der Waals surface area (Å²) in [7, 11) is 1.80. The van der Waals surface area contributed by atoms with Gasteiger partial charge in [-0.05, 0) is 37.6 Å². The lowest BCUT2D eigenvalue weighted by Crippen LogP contribution is -2.27. The van der Waals surface area contributed by atoms with Crippen molar-refractivity contribution in [2.75, 3.05) is 7.05 Å². The molecule has 0 bridgehead atoms. The van der Waals surface area contributed by atoms with Gasteiger partial charge in [0.25, 0.3) is 5.91 Å². The molecule has 7 heteroatoms. The molecule has 0 aliphatic heterocycles. The zero-order valence-corrected chi connectivity index (χ0v) is 17.8. The molecule has 27 heavy (non-hydrogen) atoms. The van der Waals surface area contributed by atoms with Crippen molar-refractivity contribution < 1.29 is 9.32 Å². The number of amides is 1. The highest BCUT2D eigenvalue weighted by Gasteiger charge is 2.19. The van der Waals surface area contributed by atoms with Crippen LogP contribution < -0.4 is 0 Å². The second-order valence-electron chi connectivity index (χ2n) is 6.20. The van der Waals surface area contributed by atoms with E-state index in [2.05, 4.69) is 26.1 Å². The van der Waals surface area contributed by atoms with Gasteiger partial charge in [0.15, 0.2) is 0 Å². The summed E-state index contributed by atoms with van der Waals surface area (Å²) in [5, 5.41) is 4.69. The maximum absolute atomic E-state index is 13.0. The first-order valence-electron chi connectivity index (χ1n) is 8.45. The predicted molar refractivity (Wildman–Crippen MR) is 110 cm³/mol. The summed E-state index contributed by atoms with van der Waals surface area (Å²) in [5.41, 5.74) is 3.58. The lowest BCUT2D eigenvalue weighted by molar-refractivity contribution is 0.0780.